The van der Waals surface area contributed by atoms with Crippen LogP contribution in [0.3, 0.4) is 0 Å². The Labute approximate surface area is 126 Å². The number of hydrogen-bond acceptors (Lipinski definition) is 2. The van der Waals surface area contributed by atoms with Crippen molar-refractivity contribution < 1.29 is 9.53 Å². The van der Waals surface area contributed by atoms with Gasteiger partial charge in [-0.15, -0.1) is 0 Å². The van der Waals surface area contributed by atoms with Gasteiger partial charge < -0.3 is 10.1 Å². The van der Waals surface area contributed by atoms with Crippen molar-refractivity contribution in [3.05, 3.63) is 47.5 Å². The molecular formula is C18H23NO2. The quantitative estimate of drug-likeness (QED) is 0.880. The minimum Gasteiger partial charge on any atom is -0.377 e. The number of carbonyl (C=O) groups excluding carboxylic acids is 1. The number of nitrogens with one attached hydrogen (secondary N) is 1. The van der Waals surface area contributed by atoms with Crippen LogP contribution >= 0.6 is 0 Å². The summed E-state index contributed by atoms with van der Waals surface area (Å²) in [5.74, 6) is 0.0151. The molecule has 1 N–H and O–H groups in total. The maximum Gasteiger partial charge on any atom is 0.216 e. The topological polar surface area (TPSA) is 38.3 Å². The van der Waals surface area contributed by atoms with Gasteiger partial charge in [-0.25, -0.2) is 0 Å². The molecule has 0 aliphatic carbocycles. The van der Waals surface area contributed by atoms with Gasteiger partial charge in [0.1, 0.15) is 0 Å². The average molecular weight is 285 g/mol. The molecule has 0 saturated carbocycles. The highest BCUT2D eigenvalue weighted by Gasteiger charge is 2.09. The summed E-state index contributed by atoms with van der Waals surface area (Å²) in [6.07, 6.45) is 1.93. The number of benzene rings is 2. The highest BCUT2D eigenvalue weighted by molar-refractivity contribution is 5.86. The van der Waals surface area contributed by atoms with E-state index in [1.165, 1.54) is 21.9 Å². The SMILES string of the molecule is CCC(OC)c1ccc2cccc(CCNC(C)=O)c2c1. The molecule has 2 aromatic rings. The summed E-state index contributed by atoms with van der Waals surface area (Å²) in [6.45, 7) is 4.34. The molecule has 3 nitrogen and oxygen atoms in total. The minimum absolute atomic E-state index is 0.0151. The highest BCUT2D eigenvalue weighted by Crippen LogP contribution is 2.26. The van der Waals surface area contributed by atoms with Gasteiger partial charge >= 0.3 is 0 Å². The number of methoxy groups -OCH3 is 1. The molecule has 21 heavy (non-hydrogen) atoms. The number of carbonyl (C=O) groups is 1. The standard InChI is InChI=1S/C18H23NO2/c1-4-18(21-3)16-9-8-14-6-5-7-15(17(14)12-16)10-11-19-13(2)20/h5-9,12,18H,4,10-11H2,1-3H3,(H,19,20). The van der Waals surface area contributed by atoms with E-state index in [1.54, 1.807) is 14.0 Å². The first-order chi connectivity index (χ1) is 10.2. The van der Waals surface area contributed by atoms with E-state index in [-0.39, 0.29) is 12.0 Å². The van der Waals surface area contributed by atoms with E-state index in [4.69, 9.17) is 4.74 Å². The van der Waals surface area contributed by atoms with Gasteiger partial charge in [-0.2, -0.15) is 0 Å². The number of hydrogen-bond donors (Lipinski definition) is 1. The van der Waals surface area contributed by atoms with Crippen molar-refractivity contribution in [1.82, 2.24) is 5.32 Å². The highest BCUT2D eigenvalue weighted by atomic mass is 16.5. The second-order valence-corrected chi connectivity index (χ2v) is 5.26. The predicted molar refractivity (Wildman–Crippen MR) is 86.4 cm³/mol. The Morgan fingerprint density at radius 3 is 2.76 bits per heavy atom. The van der Waals surface area contributed by atoms with E-state index >= 15 is 0 Å². The van der Waals surface area contributed by atoms with E-state index in [1.807, 2.05) is 0 Å². The molecule has 0 aliphatic heterocycles. The zero-order valence-corrected chi connectivity index (χ0v) is 13.0. The number of ether oxygens (including phenoxy) is 1. The first kappa shape index (κ1) is 15.5. The van der Waals surface area contributed by atoms with E-state index in [9.17, 15) is 4.79 Å². The normalized spacial score (nSPS) is 12.3. The van der Waals surface area contributed by atoms with Crippen molar-refractivity contribution >= 4 is 16.7 Å². The van der Waals surface area contributed by atoms with Crippen LogP contribution in [0.4, 0.5) is 0 Å². The van der Waals surface area contributed by atoms with Crippen LogP contribution in [-0.4, -0.2) is 19.6 Å². The molecule has 0 spiro atoms. The summed E-state index contributed by atoms with van der Waals surface area (Å²) in [5, 5.41) is 5.33. The van der Waals surface area contributed by atoms with Gasteiger partial charge in [0.15, 0.2) is 0 Å². The molecule has 0 bridgehead atoms. The molecule has 1 unspecified atom stereocenters. The molecule has 0 saturated heterocycles. The zero-order chi connectivity index (χ0) is 15.2. The van der Waals surface area contributed by atoms with Crippen molar-refractivity contribution in [3.63, 3.8) is 0 Å². The first-order valence-corrected chi connectivity index (χ1v) is 7.44. The van der Waals surface area contributed by atoms with Gasteiger partial charge in [0, 0.05) is 20.6 Å². The lowest BCUT2D eigenvalue weighted by molar-refractivity contribution is -0.118. The Kier molecular flexibility index (Phi) is 5.34. The second-order valence-electron chi connectivity index (χ2n) is 5.26. The van der Waals surface area contributed by atoms with Gasteiger partial charge in [0.05, 0.1) is 6.10 Å². The third-order valence-corrected chi connectivity index (χ3v) is 3.79. The molecule has 1 atom stereocenters. The minimum atomic E-state index is 0.0151. The number of fused-ring (bicyclic) bond motifs is 1. The van der Waals surface area contributed by atoms with E-state index < -0.39 is 0 Å². The lowest BCUT2D eigenvalue weighted by Gasteiger charge is -2.15. The van der Waals surface area contributed by atoms with Crippen molar-refractivity contribution in [2.45, 2.75) is 32.8 Å². The van der Waals surface area contributed by atoms with Gasteiger partial charge in [-0.1, -0.05) is 37.3 Å². The summed E-state index contributed by atoms with van der Waals surface area (Å²) >= 11 is 0. The second kappa shape index (κ2) is 7.23. The lowest BCUT2D eigenvalue weighted by Crippen LogP contribution is -2.22. The lowest BCUT2D eigenvalue weighted by atomic mass is 9.97. The van der Waals surface area contributed by atoms with Crippen LogP contribution in [-0.2, 0) is 16.0 Å². The van der Waals surface area contributed by atoms with Crippen molar-refractivity contribution in [3.8, 4) is 0 Å². The van der Waals surface area contributed by atoms with Crippen LogP contribution < -0.4 is 5.32 Å². The fraction of sp³-hybridized carbons (Fsp3) is 0.389. The van der Waals surface area contributed by atoms with Gasteiger partial charge in [-0.3, -0.25) is 4.79 Å². The predicted octanol–water partition coefficient (Wildman–Crippen LogP) is 3.62. The van der Waals surface area contributed by atoms with Crippen LogP contribution in [0, 0.1) is 0 Å². The average Bonchev–Trinajstić information content (AvgIpc) is 2.48. The zero-order valence-electron chi connectivity index (χ0n) is 13.0. The number of amides is 1. The molecule has 2 rings (SSSR count). The molecule has 0 aliphatic rings. The van der Waals surface area contributed by atoms with Crippen LogP contribution in [0.5, 0.6) is 0 Å². The molecule has 0 aromatic heterocycles. The summed E-state index contributed by atoms with van der Waals surface area (Å²) < 4.78 is 5.53. The fourth-order valence-corrected chi connectivity index (χ4v) is 2.68. The smallest absolute Gasteiger partial charge is 0.216 e. The Balaban J connectivity index is 2.32. The summed E-state index contributed by atoms with van der Waals surface area (Å²) in [4.78, 5) is 11.0. The summed E-state index contributed by atoms with van der Waals surface area (Å²) in [5.41, 5.74) is 2.47. The monoisotopic (exact) mass is 285 g/mol. The van der Waals surface area contributed by atoms with E-state index in [2.05, 4.69) is 48.6 Å². The third kappa shape index (κ3) is 3.82. The molecule has 0 fully saturated rings. The first-order valence-electron chi connectivity index (χ1n) is 7.44. The van der Waals surface area contributed by atoms with Crippen molar-refractivity contribution in [1.29, 1.82) is 0 Å². The maximum atomic E-state index is 11.0. The van der Waals surface area contributed by atoms with E-state index in [0.717, 1.165) is 12.8 Å². The molecule has 112 valence electrons. The van der Waals surface area contributed by atoms with Crippen molar-refractivity contribution in [2.24, 2.45) is 0 Å². The Bertz CT molecular complexity index is 618. The third-order valence-electron chi connectivity index (χ3n) is 3.79. The Hall–Kier alpha value is -1.87. The number of rotatable bonds is 6. The molecule has 1 amide bonds. The van der Waals surface area contributed by atoms with Crippen LogP contribution in [0.1, 0.15) is 37.5 Å². The molecule has 2 aromatic carbocycles. The van der Waals surface area contributed by atoms with Gasteiger partial charge in [0.2, 0.25) is 5.91 Å². The largest absolute Gasteiger partial charge is 0.377 e. The maximum absolute atomic E-state index is 11.0. The van der Waals surface area contributed by atoms with Gasteiger partial charge in [-0.05, 0) is 40.8 Å². The van der Waals surface area contributed by atoms with Gasteiger partial charge in [0.25, 0.3) is 0 Å². The fourth-order valence-electron chi connectivity index (χ4n) is 2.68. The molecule has 3 heteroatoms. The Morgan fingerprint density at radius 1 is 1.29 bits per heavy atom. The molecule has 0 heterocycles. The Morgan fingerprint density at radius 2 is 2.10 bits per heavy atom. The molecule has 0 radical (unpaired) electrons. The summed E-state index contributed by atoms with van der Waals surface area (Å²) in [7, 11) is 1.75. The van der Waals surface area contributed by atoms with Crippen molar-refractivity contribution in [2.75, 3.05) is 13.7 Å². The molecular weight excluding hydrogens is 262 g/mol. The van der Waals surface area contributed by atoms with Crippen LogP contribution in [0.2, 0.25) is 0 Å². The summed E-state index contributed by atoms with van der Waals surface area (Å²) in [6, 6.07) is 12.8. The van der Waals surface area contributed by atoms with Crippen LogP contribution in [0.15, 0.2) is 36.4 Å². The van der Waals surface area contributed by atoms with Crippen LogP contribution in [0.25, 0.3) is 10.8 Å². The van der Waals surface area contributed by atoms with E-state index in [0.29, 0.717) is 6.54 Å².